The first kappa shape index (κ1) is 36.2. The number of nitrogens with one attached hydrogen (secondary N) is 5. The summed E-state index contributed by atoms with van der Waals surface area (Å²) in [4.78, 5) is 0. The Labute approximate surface area is 186 Å². The fraction of sp³-hybridized carbons (Fsp3) is 1.00. The molecule has 0 radical (unpaired) electrons. The lowest BCUT2D eigenvalue weighted by Gasteiger charge is -1.97. The second-order valence-corrected chi connectivity index (χ2v) is 7.24. The number of hydrogen-bond donors (Lipinski definition) is 5. The molecule has 0 fully saturated rings. The van der Waals surface area contributed by atoms with Crippen molar-refractivity contribution in [1.82, 2.24) is 26.6 Å². The maximum absolute atomic E-state index is 3.28. The van der Waals surface area contributed by atoms with E-state index in [1.54, 1.807) is 0 Å². The van der Waals surface area contributed by atoms with Crippen molar-refractivity contribution >= 4 is 0 Å². The molecule has 0 spiro atoms. The van der Waals surface area contributed by atoms with E-state index in [-0.39, 0.29) is 0 Å². The Hall–Kier alpha value is -0.200. The lowest BCUT2D eigenvalue weighted by atomic mass is 10.2. The molecule has 5 N–H and O–H groups in total. The smallest absolute Gasteiger partial charge is 0.00398 e. The van der Waals surface area contributed by atoms with E-state index in [1.165, 1.54) is 77.3 Å². The first-order chi connectivity index (χ1) is 14.2. The molecule has 0 amide bonds. The van der Waals surface area contributed by atoms with Gasteiger partial charge in [0.1, 0.15) is 0 Å². The minimum Gasteiger partial charge on any atom is -0.320 e. The van der Waals surface area contributed by atoms with E-state index >= 15 is 0 Å². The first-order valence-electron chi connectivity index (χ1n) is 12.4. The van der Waals surface area contributed by atoms with Crippen molar-refractivity contribution in [3.05, 3.63) is 0 Å². The fourth-order valence-corrected chi connectivity index (χ4v) is 2.20. The molecule has 0 aromatic carbocycles. The molecule has 0 aromatic rings. The highest BCUT2D eigenvalue weighted by molar-refractivity contribution is 4.43. The summed E-state index contributed by atoms with van der Waals surface area (Å²) in [7, 11) is 7.92. The molecule has 0 aromatic heterocycles. The van der Waals surface area contributed by atoms with Crippen LogP contribution in [0.15, 0.2) is 0 Å². The van der Waals surface area contributed by atoms with E-state index in [2.05, 4.69) is 54.3 Å². The van der Waals surface area contributed by atoms with Crippen LogP contribution >= 0.6 is 0 Å². The normalized spacial score (nSPS) is 9.52. The van der Waals surface area contributed by atoms with Gasteiger partial charge in [-0.3, -0.25) is 0 Å². The van der Waals surface area contributed by atoms with Gasteiger partial charge in [-0.15, -0.1) is 0 Å². The summed E-state index contributed by atoms with van der Waals surface area (Å²) in [6.45, 7) is 15.7. The van der Waals surface area contributed by atoms with Gasteiger partial charge in [0, 0.05) is 0 Å². The van der Waals surface area contributed by atoms with E-state index in [0.29, 0.717) is 0 Å². The molecule has 182 valence electrons. The molecule has 0 unspecified atom stereocenters. The summed E-state index contributed by atoms with van der Waals surface area (Å²) in [6.07, 6.45) is 13.3. The lowest BCUT2D eigenvalue weighted by molar-refractivity contribution is 0.633. The highest BCUT2D eigenvalue weighted by Gasteiger charge is 1.83. The predicted octanol–water partition coefficient (Wildman–Crippen LogP) is 4.39. The fourth-order valence-electron chi connectivity index (χ4n) is 2.20. The summed E-state index contributed by atoms with van der Waals surface area (Å²) < 4.78 is 0. The van der Waals surface area contributed by atoms with Crippen LogP contribution in [0.1, 0.15) is 91.9 Å². The predicted molar refractivity (Wildman–Crippen MR) is 137 cm³/mol. The highest BCUT2D eigenvalue weighted by atomic mass is 14.8. The Morgan fingerprint density at radius 1 is 0.379 bits per heavy atom. The average Bonchev–Trinajstić information content (AvgIpc) is 2.75. The van der Waals surface area contributed by atoms with Gasteiger partial charge in [0.05, 0.1) is 0 Å². The van der Waals surface area contributed by atoms with Gasteiger partial charge in [-0.2, -0.15) is 0 Å². The van der Waals surface area contributed by atoms with Crippen LogP contribution < -0.4 is 26.6 Å². The van der Waals surface area contributed by atoms with Gasteiger partial charge in [0.2, 0.25) is 0 Å². The van der Waals surface area contributed by atoms with Crippen molar-refractivity contribution in [3.8, 4) is 0 Å². The van der Waals surface area contributed by atoms with Crippen molar-refractivity contribution < 1.29 is 0 Å². The minimum absolute atomic E-state index is 1.11. The minimum atomic E-state index is 1.11. The first-order valence-corrected chi connectivity index (χ1v) is 12.4. The van der Waals surface area contributed by atoms with Gasteiger partial charge < -0.3 is 26.6 Å². The van der Waals surface area contributed by atoms with Crippen LogP contribution in [-0.4, -0.2) is 67.5 Å². The zero-order valence-electron chi connectivity index (χ0n) is 21.8. The quantitative estimate of drug-likeness (QED) is 0.226. The number of hydrogen-bond acceptors (Lipinski definition) is 5. The molecular formula is C24H61N5. The second kappa shape index (κ2) is 46.2. The third-order valence-corrected chi connectivity index (χ3v) is 4.12. The molecule has 5 nitrogen and oxygen atoms in total. The molecule has 0 rings (SSSR count). The van der Waals surface area contributed by atoms with Crippen molar-refractivity contribution in [1.29, 1.82) is 0 Å². The van der Waals surface area contributed by atoms with Gasteiger partial charge in [0.15, 0.2) is 0 Å². The van der Waals surface area contributed by atoms with Gasteiger partial charge >= 0.3 is 0 Å². The number of rotatable bonds is 17. The maximum Gasteiger partial charge on any atom is -0.00398 e. The zero-order valence-corrected chi connectivity index (χ0v) is 21.8. The summed E-state index contributed by atoms with van der Waals surface area (Å²) in [5.41, 5.74) is 0. The maximum atomic E-state index is 3.28. The van der Waals surface area contributed by atoms with Gasteiger partial charge in [-0.25, -0.2) is 0 Å². The zero-order chi connectivity index (χ0) is 22.8. The van der Waals surface area contributed by atoms with E-state index in [0.717, 1.165) is 26.2 Å². The van der Waals surface area contributed by atoms with Crippen LogP contribution in [0.4, 0.5) is 0 Å². The van der Waals surface area contributed by atoms with Crippen molar-refractivity contribution in [3.63, 3.8) is 0 Å². The molecule has 5 heteroatoms. The monoisotopic (exact) mass is 419 g/mol. The second-order valence-electron chi connectivity index (χ2n) is 7.24. The molecule has 29 heavy (non-hydrogen) atoms. The average molecular weight is 420 g/mol. The Kier molecular flexibility index (Phi) is 57.6. The van der Waals surface area contributed by atoms with Crippen LogP contribution in [0.25, 0.3) is 0 Å². The van der Waals surface area contributed by atoms with Crippen molar-refractivity contribution in [2.75, 3.05) is 67.5 Å². The molecule has 0 aliphatic rings. The van der Waals surface area contributed by atoms with E-state index in [1.807, 2.05) is 28.2 Å². The van der Waals surface area contributed by atoms with Crippen LogP contribution in [0.2, 0.25) is 0 Å². The largest absolute Gasteiger partial charge is 0.320 e. The van der Waals surface area contributed by atoms with Gasteiger partial charge in [-0.05, 0) is 93.1 Å². The standard InChI is InChI=1S/2C7H17N.C5H14N2.C5H13N/c1-3-4-5-6-7-8-2;1-3-5-6-7-8-4-2;1-6-4-3-5-7-2;1-3-4-5-6-2/h2*8H,3-7H2,1-2H3;6-7H,3-5H2,1-2H3;6H,3-5H2,1-2H3. The summed E-state index contributed by atoms with van der Waals surface area (Å²) >= 11 is 0. The molecule has 0 bridgehead atoms. The molecule has 0 saturated heterocycles. The topological polar surface area (TPSA) is 60.1 Å². The summed E-state index contributed by atoms with van der Waals surface area (Å²) in [5, 5.41) is 15.6. The molecule has 0 heterocycles. The third-order valence-electron chi connectivity index (χ3n) is 4.12. The Balaban J connectivity index is -0.000000145. The molecular weight excluding hydrogens is 358 g/mol. The van der Waals surface area contributed by atoms with Crippen molar-refractivity contribution in [2.24, 2.45) is 0 Å². The SMILES string of the molecule is CCCCCCNC.CCCCCNCC.CCCCNC.CNCCCNC. The summed E-state index contributed by atoms with van der Waals surface area (Å²) in [5.74, 6) is 0. The van der Waals surface area contributed by atoms with Gasteiger partial charge in [-0.1, -0.05) is 66.2 Å². The van der Waals surface area contributed by atoms with Crippen LogP contribution in [-0.2, 0) is 0 Å². The van der Waals surface area contributed by atoms with Crippen LogP contribution in [0.3, 0.4) is 0 Å². The summed E-state index contributed by atoms with van der Waals surface area (Å²) in [6, 6.07) is 0. The molecule has 0 atom stereocenters. The lowest BCUT2D eigenvalue weighted by Crippen LogP contribution is -2.15. The molecule has 0 saturated carbocycles. The Morgan fingerprint density at radius 2 is 0.759 bits per heavy atom. The van der Waals surface area contributed by atoms with E-state index in [4.69, 9.17) is 0 Å². The van der Waals surface area contributed by atoms with E-state index < -0.39 is 0 Å². The van der Waals surface area contributed by atoms with Crippen LogP contribution in [0.5, 0.6) is 0 Å². The highest BCUT2D eigenvalue weighted by Crippen LogP contribution is 1.96. The van der Waals surface area contributed by atoms with Gasteiger partial charge in [0.25, 0.3) is 0 Å². The van der Waals surface area contributed by atoms with E-state index in [9.17, 15) is 0 Å². The molecule has 0 aliphatic carbocycles. The third kappa shape index (κ3) is 65.6. The Bertz CT molecular complexity index is 172. The van der Waals surface area contributed by atoms with Crippen LogP contribution in [0, 0.1) is 0 Å². The molecule has 0 aliphatic heterocycles. The van der Waals surface area contributed by atoms with Crippen molar-refractivity contribution in [2.45, 2.75) is 91.9 Å². The number of unbranched alkanes of at least 4 members (excludes halogenated alkanes) is 6. The Morgan fingerprint density at radius 3 is 1.14 bits per heavy atom.